The van der Waals surface area contributed by atoms with Crippen molar-refractivity contribution in [2.75, 3.05) is 17.2 Å². The van der Waals surface area contributed by atoms with E-state index in [9.17, 15) is 4.79 Å². The molecule has 1 amide bonds. The van der Waals surface area contributed by atoms with Gasteiger partial charge in [-0.2, -0.15) is 0 Å². The Morgan fingerprint density at radius 3 is 2.45 bits per heavy atom. The molecule has 0 bridgehead atoms. The van der Waals surface area contributed by atoms with Crippen LogP contribution in [-0.2, 0) is 11.2 Å². The van der Waals surface area contributed by atoms with Gasteiger partial charge in [-0.25, -0.2) is 0 Å². The second-order valence-corrected chi connectivity index (χ2v) is 5.52. The van der Waals surface area contributed by atoms with Gasteiger partial charge in [-0.3, -0.25) is 4.79 Å². The van der Waals surface area contributed by atoms with Crippen LogP contribution in [0.4, 0.5) is 11.4 Å². The fourth-order valence-corrected chi connectivity index (χ4v) is 2.29. The maximum absolute atomic E-state index is 12.0. The zero-order chi connectivity index (χ0) is 15.8. The van der Waals surface area contributed by atoms with Crippen LogP contribution in [-0.4, -0.2) is 12.5 Å². The van der Waals surface area contributed by atoms with Crippen LogP contribution in [0.1, 0.15) is 30.9 Å². The Kier molecular flexibility index (Phi) is 6.01. The van der Waals surface area contributed by atoms with E-state index in [1.54, 1.807) is 0 Å². The first kappa shape index (κ1) is 16.1. The Labute approximate surface area is 132 Å². The molecule has 2 N–H and O–H groups in total. The molecule has 0 saturated heterocycles. The van der Waals surface area contributed by atoms with Crippen LogP contribution in [0.2, 0.25) is 0 Å². The van der Waals surface area contributed by atoms with Gasteiger partial charge in [-0.15, -0.1) is 0 Å². The monoisotopic (exact) mass is 296 g/mol. The van der Waals surface area contributed by atoms with Crippen LogP contribution in [0.25, 0.3) is 0 Å². The number of nitrogens with one attached hydrogen (secondary N) is 2. The largest absolute Gasteiger partial charge is 0.376 e. The van der Waals surface area contributed by atoms with E-state index in [1.165, 1.54) is 18.4 Å². The fraction of sp³-hybridized carbons (Fsp3) is 0.316. The molecule has 3 heteroatoms. The molecule has 0 aliphatic heterocycles. The highest BCUT2D eigenvalue weighted by Gasteiger charge is 2.03. The number of benzene rings is 2. The average molecular weight is 296 g/mol. The van der Waals surface area contributed by atoms with Crippen LogP contribution < -0.4 is 10.6 Å². The van der Waals surface area contributed by atoms with Gasteiger partial charge in [0.2, 0.25) is 5.91 Å². The molecule has 0 radical (unpaired) electrons. The lowest BCUT2D eigenvalue weighted by Crippen LogP contribution is -2.22. The summed E-state index contributed by atoms with van der Waals surface area (Å²) < 4.78 is 0. The summed E-state index contributed by atoms with van der Waals surface area (Å²) in [7, 11) is 0. The van der Waals surface area contributed by atoms with Crippen LogP contribution in [0.5, 0.6) is 0 Å². The maximum atomic E-state index is 12.0. The number of unbranched alkanes of at least 4 members (excludes halogenated alkanes) is 1. The highest BCUT2D eigenvalue weighted by Crippen LogP contribution is 2.14. The van der Waals surface area contributed by atoms with Crippen LogP contribution in [0.3, 0.4) is 0 Å². The summed E-state index contributed by atoms with van der Waals surface area (Å²) in [6.07, 6.45) is 3.49. The van der Waals surface area contributed by atoms with E-state index in [0.29, 0.717) is 0 Å². The number of hydrogen-bond donors (Lipinski definition) is 2. The maximum Gasteiger partial charge on any atom is 0.243 e. The lowest BCUT2D eigenvalue weighted by atomic mass is 10.1. The normalized spacial score (nSPS) is 10.3. The molecular weight excluding hydrogens is 272 g/mol. The van der Waals surface area contributed by atoms with Gasteiger partial charge in [-0.05, 0) is 49.1 Å². The third-order valence-corrected chi connectivity index (χ3v) is 3.64. The number of carbonyl (C=O) groups excluding carboxylic acids is 1. The van der Waals surface area contributed by atoms with Crippen LogP contribution >= 0.6 is 0 Å². The van der Waals surface area contributed by atoms with Crippen molar-refractivity contribution in [2.45, 2.75) is 33.1 Å². The van der Waals surface area contributed by atoms with Crippen molar-refractivity contribution in [3.05, 3.63) is 59.7 Å². The minimum atomic E-state index is -0.0374. The van der Waals surface area contributed by atoms with Crippen molar-refractivity contribution in [2.24, 2.45) is 0 Å². The summed E-state index contributed by atoms with van der Waals surface area (Å²) in [5.41, 5.74) is 4.29. The van der Waals surface area contributed by atoms with Crippen molar-refractivity contribution in [3.8, 4) is 0 Å². The summed E-state index contributed by atoms with van der Waals surface area (Å²) in [6.45, 7) is 4.48. The molecule has 0 aromatic heterocycles. The lowest BCUT2D eigenvalue weighted by Gasteiger charge is -2.10. The first-order valence-corrected chi connectivity index (χ1v) is 7.87. The van der Waals surface area contributed by atoms with E-state index in [4.69, 9.17) is 0 Å². The quantitative estimate of drug-likeness (QED) is 0.795. The Bertz CT molecular complexity index is 605. The molecule has 22 heavy (non-hydrogen) atoms. The van der Waals surface area contributed by atoms with Crippen molar-refractivity contribution < 1.29 is 4.79 Å². The third-order valence-electron chi connectivity index (χ3n) is 3.64. The van der Waals surface area contributed by atoms with Crippen molar-refractivity contribution in [1.29, 1.82) is 0 Å². The van der Waals surface area contributed by atoms with Crippen LogP contribution in [0, 0.1) is 6.92 Å². The Morgan fingerprint density at radius 1 is 1.05 bits per heavy atom. The Hall–Kier alpha value is -2.29. The second kappa shape index (κ2) is 8.23. The van der Waals surface area contributed by atoms with Gasteiger partial charge in [0.25, 0.3) is 0 Å². The summed E-state index contributed by atoms with van der Waals surface area (Å²) in [6, 6.07) is 16.1. The van der Waals surface area contributed by atoms with Crippen molar-refractivity contribution in [1.82, 2.24) is 0 Å². The van der Waals surface area contributed by atoms with Crippen LogP contribution in [0.15, 0.2) is 48.5 Å². The van der Waals surface area contributed by atoms with Crippen molar-refractivity contribution >= 4 is 17.3 Å². The third kappa shape index (κ3) is 4.92. The van der Waals surface area contributed by atoms with E-state index in [1.807, 2.05) is 43.3 Å². The standard InChI is InChI=1S/C19H24N2O/c1-3-4-8-16-10-12-17(13-11-16)21-19(22)14-20-18-9-6-5-7-15(18)2/h5-7,9-13,20H,3-4,8,14H2,1-2H3,(H,21,22). The predicted molar refractivity (Wildman–Crippen MR) is 93.4 cm³/mol. The van der Waals surface area contributed by atoms with Gasteiger partial charge >= 0.3 is 0 Å². The molecular formula is C19H24N2O. The zero-order valence-corrected chi connectivity index (χ0v) is 13.4. The summed E-state index contributed by atoms with van der Waals surface area (Å²) in [4.78, 5) is 12.0. The number of rotatable bonds is 7. The molecule has 0 spiro atoms. The summed E-state index contributed by atoms with van der Waals surface area (Å²) in [5, 5.41) is 6.07. The van der Waals surface area contributed by atoms with Gasteiger partial charge in [0.05, 0.1) is 6.54 Å². The molecule has 2 aromatic carbocycles. The first-order chi connectivity index (χ1) is 10.7. The average Bonchev–Trinajstić information content (AvgIpc) is 2.53. The Balaban J connectivity index is 1.83. The highest BCUT2D eigenvalue weighted by molar-refractivity contribution is 5.93. The van der Waals surface area contributed by atoms with E-state index in [0.717, 1.165) is 23.4 Å². The van der Waals surface area contributed by atoms with Gasteiger partial charge in [-0.1, -0.05) is 43.7 Å². The van der Waals surface area contributed by atoms with E-state index < -0.39 is 0 Å². The summed E-state index contributed by atoms with van der Waals surface area (Å²) in [5.74, 6) is -0.0374. The molecule has 0 atom stereocenters. The number of anilines is 2. The number of carbonyl (C=O) groups is 1. The van der Waals surface area contributed by atoms with Gasteiger partial charge in [0.15, 0.2) is 0 Å². The second-order valence-electron chi connectivity index (χ2n) is 5.52. The predicted octanol–water partition coefficient (Wildman–Crippen LogP) is 4.39. The fourth-order valence-electron chi connectivity index (χ4n) is 2.29. The van der Waals surface area contributed by atoms with Gasteiger partial charge < -0.3 is 10.6 Å². The van der Waals surface area contributed by atoms with E-state index >= 15 is 0 Å². The number of para-hydroxylation sites is 1. The highest BCUT2D eigenvalue weighted by atomic mass is 16.1. The molecule has 0 fully saturated rings. The molecule has 0 aliphatic carbocycles. The van der Waals surface area contributed by atoms with Gasteiger partial charge in [0, 0.05) is 11.4 Å². The van der Waals surface area contributed by atoms with Gasteiger partial charge in [0.1, 0.15) is 0 Å². The molecule has 2 rings (SSSR count). The molecule has 3 nitrogen and oxygen atoms in total. The minimum Gasteiger partial charge on any atom is -0.376 e. The molecule has 2 aromatic rings. The Morgan fingerprint density at radius 2 is 1.77 bits per heavy atom. The van der Waals surface area contributed by atoms with E-state index in [-0.39, 0.29) is 12.5 Å². The molecule has 0 saturated carbocycles. The summed E-state index contributed by atoms with van der Waals surface area (Å²) >= 11 is 0. The smallest absolute Gasteiger partial charge is 0.243 e. The molecule has 116 valence electrons. The number of amides is 1. The molecule has 0 aliphatic rings. The molecule has 0 unspecified atom stereocenters. The zero-order valence-electron chi connectivity index (χ0n) is 13.4. The number of aryl methyl sites for hydroxylation is 2. The first-order valence-electron chi connectivity index (χ1n) is 7.87. The topological polar surface area (TPSA) is 41.1 Å². The van der Waals surface area contributed by atoms with E-state index in [2.05, 4.69) is 29.7 Å². The SMILES string of the molecule is CCCCc1ccc(NC(=O)CNc2ccccc2C)cc1. The van der Waals surface area contributed by atoms with Crippen molar-refractivity contribution in [3.63, 3.8) is 0 Å². The minimum absolute atomic E-state index is 0.0374. The number of hydrogen-bond acceptors (Lipinski definition) is 2. The molecule has 0 heterocycles. The lowest BCUT2D eigenvalue weighted by molar-refractivity contribution is -0.114.